The molecule has 0 aliphatic carbocycles. The summed E-state index contributed by atoms with van der Waals surface area (Å²) in [6.07, 6.45) is 0.801. The normalized spacial score (nSPS) is 15.7. The number of nitrogens with zero attached hydrogens (tertiary/aromatic N) is 3. The third-order valence-corrected chi connectivity index (χ3v) is 7.36. The molecule has 8 nitrogen and oxygen atoms in total. The molecule has 2 aromatic carbocycles. The molecule has 10 heteroatoms. The van der Waals surface area contributed by atoms with Gasteiger partial charge in [-0.2, -0.15) is 4.31 Å². The minimum Gasteiger partial charge on any atom is -0.403 e. The highest BCUT2D eigenvalue weighted by Gasteiger charge is 2.32. The molecule has 4 rings (SSSR count). The summed E-state index contributed by atoms with van der Waals surface area (Å²) in [5.41, 5.74) is 1.83. The number of carbonyl (C=O) groups is 1. The fourth-order valence-corrected chi connectivity index (χ4v) is 5.09. The van der Waals surface area contributed by atoms with Gasteiger partial charge in [-0.25, -0.2) is 8.42 Å². The SMILES string of the molecule is Cc1cccc(-c2nnc(NC(=O)C3CCN(S(=O)(=O)c4ccc(Cl)cc4)CC3)o2)c1. The molecular formula is C21H21ClN4O4S. The lowest BCUT2D eigenvalue weighted by atomic mass is 9.97. The maximum absolute atomic E-state index is 12.8. The smallest absolute Gasteiger partial charge is 0.322 e. The standard InChI is InChI=1S/C21H21ClN4O4S/c1-14-3-2-4-16(13-14)20-24-25-21(30-20)23-19(27)15-9-11-26(12-10-15)31(28,29)18-7-5-17(22)6-8-18/h2-8,13,15H,9-12H2,1H3,(H,23,25,27). The molecule has 0 spiro atoms. The highest BCUT2D eigenvalue weighted by Crippen LogP contribution is 2.26. The molecule has 1 saturated heterocycles. The molecule has 0 radical (unpaired) electrons. The number of nitrogens with one attached hydrogen (secondary N) is 1. The summed E-state index contributed by atoms with van der Waals surface area (Å²) in [5, 5.41) is 11.0. The zero-order chi connectivity index (χ0) is 22.0. The number of amides is 1. The molecule has 1 fully saturated rings. The van der Waals surface area contributed by atoms with Crippen LogP contribution in [0.25, 0.3) is 11.5 Å². The molecule has 1 aliphatic heterocycles. The quantitative estimate of drug-likeness (QED) is 0.621. The molecule has 1 aromatic heterocycles. The lowest BCUT2D eigenvalue weighted by Gasteiger charge is -2.30. The maximum Gasteiger partial charge on any atom is 0.322 e. The Hall–Kier alpha value is -2.75. The molecule has 0 atom stereocenters. The van der Waals surface area contributed by atoms with E-state index in [1.807, 2.05) is 31.2 Å². The number of carbonyl (C=O) groups excluding carboxylic acids is 1. The van der Waals surface area contributed by atoms with Gasteiger partial charge >= 0.3 is 6.01 Å². The van der Waals surface area contributed by atoms with Crippen LogP contribution in [0.15, 0.2) is 57.8 Å². The van der Waals surface area contributed by atoms with Crippen molar-refractivity contribution in [2.24, 2.45) is 5.92 Å². The summed E-state index contributed by atoms with van der Waals surface area (Å²) in [6, 6.07) is 13.7. The number of rotatable bonds is 5. The monoisotopic (exact) mass is 460 g/mol. The van der Waals surface area contributed by atoms with Crippen LogP contribution in [-0.4, -0.2) is 41.9 Å². The van der Waals surface area contributed by atoms with Crippen molar-refractivity contribution in [2.45, 2.75) is 24.7 Å². The largest absolute Gasteiger partial charge is 0.403 e. The fraction of sp³-hybridized carbons (Fsp3) is 0.286. The van der Waals surface area contributed by atoms with Gasteiger partial charge in [0.25, 0.3) is 0 Å². The molecule has 0 saturated carbocycles. The van der Waals surface area contributed by atoms with Crippen molar-refractivity contribution in [2.75, 3.05) is 18.4 Å². The maximum atomic E-state index is 12.8. The Labute approximate surface area is 185 Å². The summed E-state index contributed by atoms with van der Waals surface area (Å²) in [4.78, 5) is 12.8. The molecule has 31 heavy (non-hydrogen) atoms. The van der Waals surface area contributed by atoms with E-state index >= 15 is 0 Å². The van der Waals surface area contributed by atoms with E-state index in [0.29, 0.717) is 23.8 Å². The Bertz CT molecular complexity index is 1190. The summed E-state index contributed by atoms with van der Waals surface area (Å²) in [7, 11) is -3.62. The summed E-state index contributed by atoms with van der Waals surface area (Å²) in [5.74, 6) is -0.281. The van der Waals surface area contributed by atoms with Crippen LogP contribution in [0, 0.1) is 12.8 Å². The van der Waals surface area contributed by atoms with Crippen LogP contribution in [0.2, 0.25) is 5.02 Å². The molecule has 1 N–H and O–H groups in total. The lowest BCUT2D eigenvalue weighted by Crippen LogP contribution is -2.41. The average Bonchev–Trinajstić information content (AvgIpc) is 3.23. The zero-order valence-corrected chi connectivity index (χ0v) is 18.4. The van der Waals surface area contributed by atoms with Gasteiger partial charge in [0.2, 0.25) is 21.8 Å². The molecule has 3 aromatic rings. The van der Waals surface area contributed by atoms with Crippen LogP contribution in [0.4, 0.5) is 6.01 Å². The molecule has 0 bridgehead atoms. The summed E-state index contributed by atoms with van der Waals surface area (Å²) < 4.78 is 32.5. The van der Waals surface area contributed by atoms with Gasteiger partial charge in [-0.15, -0.1) is 5.10 Å². The number of halogens is 1. The highest BCUT2D eigenvalue weighted by atomic mass is 35.5. The van der Waals surface area contributed by atoms with E-state index in [4.69, 9.17) is 16.0 Å². The van der Waals surface area contributed by atoms with Crippen LogP contribution in [0.5, 0.6) is 0 Å². The van der Waals surface area contributed by atoms with Gasteiger partial charge < -0.3 is 4.42 Å². The first-order valence-corrected chi connectivity index (χ1v) is 11.6. The Morgan fingerprint density at radius 3 is 2.52 bits per heavy atom. The fourth-order valence-electron chi connectivity index (χ4n) is 3.49. The minimum absolute atomic E-state index is 0.0257. The molecule has 162 valence electrons. The summed E-state index contributed by atoms with van der Waals surface area (Å²) in [6.45, 7) is 2.46. The predicted molar refractivity (Wildman–Crippen MR) is 116 cm³/mol. The Morgan fingerprint density at radius 1 is 1.13 bits per heavy atom. The third-order valence-electron chi connectivity index (χ3n) is 5.20. The Morgan fingerprint density at radius 2 is 1.84 bits per heavy atom. The average molecular weight is 461 g/mol. The number of aromatic nitrogens is 2. The van der Waals surface area contributed by atoms with Crippen LogP contribution >= 0.6 is 11.6 Å². The van der Waals surface area contributed by atoms with Crippen molar-refractivity contribution in [1.82, 2.24) is 14.5 Å². The van der Waals surface area contributed by atoms with Crippen molar-refractivity contribution in [3.8, 4) is 11.5 Å². The second-order valence-electron chi connectivity index (χ2n) is 7.40. The van der Waals surface area contributed by atoms with E-state index in [-0.39, 0.29) is 35.8 Å². The van der Waals surface area contributed by atoms with Gasteiger partial charge in [0.1, 0.15) is 0 Å². The molecule has 2 heterocycles. The number of anilines is 1. The first kappa shape index (κ1) is 21.5. The van der Waals surface area contributed by atoms with Gasteiger partial charge in [-0.1, -0.05) is 34.4 Å². The van der Waals surface area contributed by atoms with Gasteiger partial charge in [-0.3, -0.25) is 10.1 Å². The molecule has 0 unspecified atom stereocenters. The second kappa shape index (κ2) is 8.78. The van der Waals surface area contributed by atoms with Crippen LogP contribution in [-0.2, 0) is 14.8 Å². The molecular weight excluding hydrogens is 440 g/mol. The van der Waals surface area contributed by atoms with Crippen molar-refractivity contribution >= 4 is 33.5 Å². The van der Waals surface area contributed by atoms with E-state index in [1.165, 1.54) is 16.4 Å². The Balaban J connectivity index is 1.36. The third kappa shape index (κ3) is 4.79. The lowest BCUT2D eigenvalue weighted by molar-refractivity contribution is -0.121. The van der Waals surface area contributed by atoms with Crippen molar-refractivity contribution in [3.63, 3.8) is 0 Å². The van der Waals surface area contributed by atoms with E-state index < -0.39 is 10.0 Å². The van der Waals surface area contributed by atoms with Crippen LogP contribution in [0.3, 0.4) is 0 Å². The number of piperidine rings is 1. The van der Waals surface area contributed by atoms with Gasteiger partial charge in [0.15, 0.2) is 0 Å². The van der Waals surface area contributed by atoms with Gasteiger partial charge in [0.05, 0.1) is 4.90 Å². The number of sulfonamides is 1. The molecule has 1 amide bonds. The minimum atomic E-state index is -3.62. The van der Waals surface area contributed by atoms with Gasteiger partial charge in [-0.05, 0) is 56.2 Å². The van der Waals surface area contributed by atoms with Crippen molar-refractivity contribution in [3.05, 3.63) is 59.1 Å². The summed E-state index contributed by atoms with van der Waals surface area (Å²) >= 11 is 5.84. The topological polar surface area (TPSA) is 105 Å². The number of hydrogen-bond donors (Lipinski definition) is 1. The number of benzene rings is 2. The predicted octanol–water partition coefficient (Wildman–Crippen LogP) is 3.74. The van der Waals surface area contributed by atoms with Crippen molar-refractivity contribution < 1.29 is 17.6 Å². The zero-order valence-electron chi connectivity index (χ0n) is 16.8. The van der Waals surface area contributed by atoms with E-state index in [1.54, 1.807) is 12.1 Å². The van der Waals surface area contributed by atoms with Crippen molar-refractivity contribution in [1.29, 1.82) is 0 Å². The Kier molecular flexibility index (Phi) is 6.08. The van der Waals surface area contributed by atoms with Crippen LogP contribution < -0.4 is 5.32 Å². The second-order valence-corrected chi connectivity index (χ2v) is 9.78. The van der Waals surface area contributed by atoms with Crippen LogP contribution in [0.1, 0.15) is 18.4 Å². The van der Waals surface area contributed by atoms with E-state index in [9.17, 15) is 13.2 Å². The van der Waals surface area contributed by atoms with E-state index in [2.05, 4.69) is 15.5 Å². The number of hydrogen-bond acceptors (Lipinski definition) is 6. The van der Waals surface area contributed by atoms with E-state index in [0.717, 1.165) is 11.1 Å². The van der Waals surface area contributed by atoms with Gasteiger partial charge in [0, 0.05) is 29.6 Å². The number of aryl methyl sites for hydroxylation is 1. The molecule has 1 aliphatic rings. The first-order chi connectivity index (χ1) is 14.8. The highest BCUT2D eigenvalue weighted by molar-refractivity contribution is 7.89. The first-order valence-electron chi connectivity index (χ1n) is 9.80.